The van der Waals surface area contributed by atoms with Crippen LogP contribution in [0.4, 0.5) is 4.79 Å². The molecule has 0 aliphatic carbocycles. The monoisotopic (exact) mass is 507 g/mol. The zero-order valence-corrected chi connectivity index (χ0v) is 23.4. The van der Waals surface area contributed by atoms with Crippen molar-refractivity contribution in [3.63, 3.8) is 0 Å². The second-order valence-electron chi connectivity index (χ2n) is 11.8. The third kappa shape index (κ3) is 4.67. The maximum absolute atomic E-state index is 12.3. The lowest BCUT2D eigenvalue weighted by Crippen LogP contribution is -2.67. The molecule has 0 radical (unpaired) electrons. The highest BCUT2D eigenvalue weighted by atomic mass is 28.4. The van der Waals surface area contributed by atoms with Crippen molar-refractivity contribution in [1.29, 1.82) is 0 Å². The van der Waals surface area contributed by atoms with E-state index in [1.807, 2.05) is 70.2 Å². The van der Waals surface area contributed by atoms with Gasteiger partial charge in [-0.05, 0) is 48.6 Å². The lowest BCUT2D eigenvalue weighted by molar-refractivity contribution is 0.00578. The molecule has 1 fully saturated rings. The highest BCUT2D eigenvalue weighted by Crippen LogP contribution is 2.40. The standard InChI is InChI=1S/C28H38BNO5Si/c1-26(2,3)36(23-14-10-8-11-15-23,24-16-12-9-13-17-24)33-20-22-18-21(19-30(22)25(31)32)29-34-27(4,5)28(6,7)35-29/h8-18,22H,19-20H2,1-7H3,(H,31,32). The van der Waals surface area contributed by atoms with E-state index in [-0.39, 0.29) is 18.2 Å². The van der Waals surface area contributed by atoms with Crippen LogP contribution in [0.1, 0.15) is 48.5 Å². The molecule has 2 aromatic carbocycles. The largest absolute Gasteiger partial charge is 0.492 e. The van der Waals surface area contributed by atoms with E-state index in [2.05, 4.69) is 45.0 Å². The van der Waals surface area contributed by atoms with Gasteiger partial charge in [-0.3, -0.25) is 4.90 Å². The Morgan fingerprint density at radius 2 is 1.47 bits per heavy atom. The highest BCUT2D eigenvalue weighted by molar-refractivity contribution is 6.99. The van der Waals surface area contributed by atoms with Crippen molar-refractivity contribution >= 4 is 31.9 Å². The SMILES string of the molecule is CC1(C)OB(C2=CC(CO[Si](c3ccccc3)(c3ccccc3)C(C)(C)C)N(C(=O)O)C2)OC1(C)C. The van der Waals surface area contributed by atoms with Crippen LogP contribution in [0.3, 0.4) is 0 Å². The van der Waals surface area contributed by atoms with E-state index in [1.54, 1.807) is 0 Å². The predicted molar refractivity (Wildman–Crippen MR) is 146 cm³/mol. The molecule has 6 nitrogen and oxygen atoms in total. The molecule has 4 rings (SSSR count). The summed E-state index contributed by atoms with van der Waals surface area (Å²) in [5.41, 5.74) is -0.154. The molecule has 0 bridgehead atoms. The molecule has 0 aromatic heterocycles. The van der Waals surface area contributed by atoms with Gasteiger partial charge in [-0.15, -0.1) is 0 Å². The summed E-state index contributed by atoms with van der Waals surface area (Å²) in [5.74, 6) is 0. The zero-order chi connectivity index (χ0) is 26.4. The van der Waals surface area contributed by atoms with E-state index in [9.17, 15) is 9.90 Å². The molecule has 1 atom stereocenters. The highest BCUT2D eigenvalue weighted by Gasteiger charge is 2.54. The van der Waals surface area contributed by atoms with Crippen molar-refractivity contribution < 1.29 is 23.6 Å². The first-order valence-electron chi connectivity index (χ1n) is 12.6. The number of benzene rings is 2. The smallest absolute Gasteiger partial charge is 0.465 e. The van der Waals surface area contributed by atoms with E-state index < -0.39 is 38.8 Å². The van der Waals surface area contributed by atoms with Crippen LogP contribution in [0.5, 0.6) is 0 Å². The average Bonchev–Trinajstić information content (AvgIpc) is 3.33. The van der Waals surface area contributed by atoms with Gasteiger partial charge in [0.05, 0.1) is 23.9 Å². The molecule has 2 aromatic rings. The molecule has 36 heavy (non-hydrogen) atoms. The normalized spacial score (nSPS) is 21.5. The zero-order valence-electron chi connectivity index (χ0n) is 22.4. The Hall–Kier alpha value is -2.39. The van der Waals surface area contributed by atoms with Crippen LogP contribution in [0.2, 0.25) is 5.04 Å². The number of carbonyl (C=O) groups is 1. The van der Waals surface area contributed by atoms with Crippen LogP contribution in [0.15, 0.2) is 72.2 Å². The summed E-state index contributed by atoms with van der Waals surface area (Å²) < 4.78 is 19.5. The topological polar surface area (TPSA) is 68.2 Å². The minimum Gasteiger partial charge on any atom is -0.465 e. The minimum absolute atomic E-state index is 0.194. The molecular weight excluding hydrogens is 469 g/mol. The molecule has 0 saturated carbocycles. The lowest BCUT2D eigenvalue weighted by atomic mass is 9.78. The number of rotatable bonds is 6. The quantitative estimate of drug-likeness (QED) is 0.584. The molecule has 2 heterocycles. The van der Waals surface area contributed by atoms with E-state index in [4.69, 9.17) is 13.7 Å². The van der Waals surface area contributed by atoms with E-state index in [0.717, 1.165) is 5.47 Å². The Balaban J connectivity index is 1.69. The Morgan fingerprint density at radius 3 is 1.89 bits per heavy atom. The van der Waals surface area contributed by atoms with Crippen molar-refractivity contribution in [2.75, 3.05) is 13.2 Å². The van der Waals surface area contributed by atoms with E-state index in [0.29, 0.717) is 0 Å². The van der Waals surface area contributed by atoms with Gasteiger partial charge >= 0.3 is 13.2 Å². The molecule has 1 unspecified atom stereocenters. The van der Waals surface area contributed by atoms with Crippen LogP contribution in [-0.4, -0.2) is 61.9 Å². The number of amides is 1. The summed E-state index contributed by atoms with van der Waals surface area (Å²) in [4.78, 5) is 13.7. The van der Waals surface area contributed by atoms with Crippen molar-refractivity contribution in [1.82, 2.24) is 4.90 Å². The summed E-state index contributed by atoms with van der Waals surface area (Å²) in [6, 6.07) is 20.3. The van der Waals surface area contributed by atoms with Crippen LogP contribution >= 0.6 is 0 Å². The first kappa shape index (κ1) is 26.7. The van der Waals surface area contributed by atoms with Crippen molar-refractivity contribution in [2.45, 2.75) is 70.7 Å². The van der Waals surface area contributed by atoms with E-state index in [1.165, 1.54) is 15.3 Å². The maximum atomic E-state index is 12.3. The summed E-state index contributed by atoms with van der Waals surface area (Å²) >= 11 is 0. The van der Waals surface area contributed by atoms with Gasteiger partial charge in [-0.2, -0.15) is 0 Å². The Kier molecular flexibility index (Phi) is 7.03. The number of carboxylic acid groups (broad SMARTS) is 1. The van der Waals surface area contributed by atoms with Crippen LogP contribution in [0.25, 0.3) is 0 Å². The van der Waals surface area contributed by atoms with Gasteiger partial charge in [0.1, 0.15) is 0 Å². The molecule has 8 heteroatoms. The van der Waals surface area contributed by atoms with Crippen LogP contribution in [-0.2, 0) is 13.7 Å². The molecule has 192 valence electrons. The molecule has 1 N–H and O–H groups in total. The first-order chi connectivity index (χ1) is 16.8. The van der Waals surface area contributed by atoms with E-state index >= 15 is 0 Å². The fraction of sp³-hybridized carbons (Fsp3) is 0.464. The molecule has 2 aliphatic rings. The maximum Gasteiger partial charge on any atom is 0.492 e. The molecule has 0 spiro atoms. The fourth-order valence-corrected chi connectivity index (χ4v) is 9.75. The molecule has 1 amide bonds. The van der Waals surface area contributed by atoms with Gasteiger partial charge < -0.3 is 18.8 Å². The third-order valence-electron chi connectivity index (χ3n) is 7.85. The Labute approximate surface area is 216 Å². The van der Waals surface area contributed by atoms with Crippen LogP contribution in [0, 0.1) is 0 Å². The molecular formula is C28H38BNO5Si. The molecule has 2 aliphatic heterocycles. The third-order valence-corrected chi connectivity index (χ3v) is 12.9. The number of hydrogen-bond acceptors (Lipinski definition) is 4. The van der Waals surface area contributed by atoms with Gasteiger partial charge in [0.2, 0.25) is 0 Å². The van der Waals surface area contributed by atoms with Gasteiger partial charge in [-0.25, -0.2) is 4.79 Å². The second-order valence-corrected chi connectivity index (χ2v) is 16.1. The first-order valence-corrected chi connectivity index (χ1v) is 14.5. The minimum atomic E-state index is -2.79. The van der Waals surface area contributed by atoms with Crippen molar-refractivity contribution in [3.8, 4) is 0 Å². The number of hydrogen-bond donors (Lipinski definition) is 1. The van der Waals surface area contributed by atoms with Gasteiger partial charge in [0, 0.05) is 6.54 Å². The fourth-order valence-electron chi connectivity index (χ4n) is 5.17. The number of nitrogens with zero attached hydrogens (tertiary/aromatic N) is 1. The van der Waals surface area contributed by atoms with Gasteiger partial charge in [0.25, 0.3) is 8.32 Å². The Bertz CT molecular complexity index is 1060. The Morgan fingerprint density at radius 1 is 1.00 bits per heavy atom. The van der Waals surface area contributed by atoms with Crippen molar-refractivity contribution in [3.05, 3.63) is 72.2 Å². The van der Waals surface area contributed by atoms with Crippen molar-refractivity contribution in [2.24, 2.45) is 0 Å². The lowest BCUT2D eigenvalue weighted by Gasteiger charge is -2.43. The van der Waals surface area contributed by atoms with Crippen LogP contribution < -0.4 is 10.4 Å². The summed E-state index contributed by atoms with van der Waals surface area (Å²) in [6.07, 6.45) is 0.988. The molecule has 1 saturated heterocycles. The summed E-state index contributed by atoms with van der Waals surface area (Å²) in [6.45, 7) is 15.1. The van der Waals surface area contributed by atoms with Gasteiger partial charge in [-0.1, -0.05) is 87.5 Å². The summed E-state index contributed by atoms with van der Waals surface area (Å²) in [7, 11) is -3.37. The predicted octanol–water partition coefficient (Wildman–Crippen LogP) is 4.48. The van der Waals surface area contributed by atoms with Gasteiger partial charge in [0.15, 0.2) is 0 Å². The average molecular weight is 508 g/mol. The second kappa shape index (κ2) is 9.49. The summed E-state index contributed by atoms with van der Waals surface area (Å²) in [5, 5.41) is 12.2.